The number of nitrogens with one attached hydrogen (secondary N) is 1. The van der Waals surface area contributed by atoms with Gasteiger partial charge < -0.3 is 15.3 Å². The third-order valence-electron chi connectivity index (χ3n) is 3.25. The first-order valence-corrected chi connectivity index (χ1v) is 6.32. The predicted molar refractivity (Wildman–Crippen MR) is 67.7 cm³/mol. The number of aromatic nitrogens is 2. The molecule has 0 unspecified atom stereocenters. The van der Waals surface area contributed by atoms with E-state index in [1.807, 2.05) is 13.2 Å². The van der Waals surface area contributed by atoms with Crippen molar-refractivity contribution in [3.05, 3.63) is 18.0 Å². The van der Waals surface area contributed by atoms with Crippen molar-refractivity contribution in [2.24, 2.45) is 7.05 Å². The lowest BCUT2D eigenvalue weighted by molar-refractivity contribution is -0.141. The molecule has 0 radical (unpaired) electrons. The highest BCUT2D eigenvalue weighted by Crippen LogP contribution is 2.17. The number of hydrogen-bond acceptors (Lipinski definition) is 3. The number of likely N-dealkylation sites (tertiary alicyclic amines) is 1. The standard InChI is InChI=1S/C12H18N4O3/c1-15-8-9(7-14-15)4-5-13-12(19)16-6-2-3-10(16)11(17)18/h7-8,10H,2-6H2,1H3,(H,13,19)(H,17,18)/t10-/m1/s1. The highest BCUT2D eigenvalue weighted by Gasteiger charge is 2.33. The fourth-order valence-corrected chi connectivity index (χ4v) is 2.28. The number of aliphatic carboxylic acids is 1. The van der Waals surface area contributed by atoms with Gasteiger partial charge in [0, 0.05) is 26.3 Å². The van der Waals surface area contributed by atoms with E-state index in [4.69, 9.17) is 5.11 Å². The lowest BCUT2D eigenvalue weighted by Crippen LogP contribution is -2.46. The van der Waals surface area contributed by atoms with Gasteiger partial charge in [-0.15, -0.1) is 0 Å². The molecular formula is C12H18N4O3. The molecule has 104 valence electrons. The summed E-state index contributed by atoms with van der Waals surface area (Å²) in [5, 5.41) is 15.8. The molecule has 1 aromatic rings. The van der Waals surface area contributed by atoms with E-state index in [1.54, 1.807) is 10.9 Å². The van der Waals surface area contributed by atoms with Crippen molar-refractivity contribution in [2.45, 2.75) is 25.3 Å². The van der Waals surface area contributed by atoms with E-state index in [0.29, 0.717) is 25.9 Å². The molecule has 1 saturated heterocycles. The molecule has 2 N–H and O–H groups in total. The van der Waals surface area contributed by atoms with Crippen molar-refractivity contribution in [2.75, 3.05) is 13.1 Å². The number of amides is 2. The number of rotatable bonds is 4. The van der Waals surface area contributed by atoms with Gasteiger partial charge in [-0.05, 0) is 24.8 Å². The van der Waals surface area contributed by atoms with Gasteiger partial charge in [-0.25, -0.2) is 9.59 Å². The highest BCUT2D eigenvalue weighted by molar-refractivity contribution is 5.83. The lowest BCUT2D eigenvalue weighted by atomic mass is 10.2. The molecule has 0 saturated carbocycles. The average molecular weight is 266 g/mol. The van der Waals surface area contributed by atoms with Crippen LogP contribution in [-0.2, 0) is 18.3 Å². The average Bonchev–Trinajstić information content (AvgIpc) is 2.97. The van der Waals surface area contributed by atoms with Crippen LogP contribution in [0.4, 0.5) is 4.79 Å². The summed E-state index contributed by atoms with van der Waals surface area (Å²) in [4.78, 5) is 24.3. The Labute approximate surface area is 111 Å². The molecule has 1 atom stereocenters. The van der Waals surface area contributed by atoms with Crippen molar-refractivity contribution in [1.29, 1.82) is 0 Å². The monoisotopic (exact) mass is 266 g/mol. The maximum Gasteiger partial charge on any atom is 0.326 e. The molecule has 0 aromatic carbocycles. The molecule has 0 bridgehead atoms. The summed E-state index contributed by atoms with van der Waals surface area (Å²) < 4.78 is 1.71. The third-order valence-corrected chi connectivity index (χ3v) is 3.25. The van der Waals surface area contributed by atoms with Crippen LogP contribution in [-0.4, -0.2) is 50.9 Å². The number of carbonyl (C=O) groups excluding carboxylic acids is 1. The summed E-state index contributed by atoms with van der Waals surface area (Å²) in [6.07, 6.45) is 5.60. The number of urea groups is 1. The summed E-state index contributed by atoms with van der Waals surface area (Å²) in [5.74, 6) is -0.931. The molecule has 0 spiro atoms. The molecular weight excluding hydrogens is 248 g/mol. The van der Waals surface area contributed by atoms with Gasteiger partial charge >= 0.3 is 12.0 Å². The van der Waals surface area contributed by atoms with Crippen LogP contribution >= 0.6 is 0 Å². The van der Waals surface area contributed by atoms with Crippen LogP contribution in [0.25, 0.3) is 0 Å². The molecule has 19 heavy (non-hydrogen) atoms. The maximum absolute atomic E-state index is 11.9. The van der Waals surface area contributed by atoms with Crippen LogP contribution in [0.2, 0.25) is 0 Å². The Balaban J connectivity index is 1.79. The minimum atomic E-state index is -0.931. The molecule has 1 aliphatic heterocycles. The summed E-state index contributed by atoms with van der Waals surface area (Å²) >= 11 is 0. The first kappa shape index (κ1) is 13.4. The maximum atomic E-state index is 11.9. The summed E-state index contributed by atoms with van der Waals surface area (Å²) in [6.45, 7) is 0.989. The van der Waals surface area contributed by atoms with Crippen LogP contribution < -0.4 is 5.32 Å². The predicted octanol–water partition coefficient (Wildman–Crippen LogP) is 0.221. The van der Waals surface area contributed by atoms with Gasteiger partial charge in [-0.1, -0.05) is 0 Å². The zero-order valence-corrected chi connectivity index (χ0v) is 10.9. The zero-order valence-electron chi connectivity index (χ0n) is 10.9. The van der Waals surface area contributed by atoms with Gasteiger partial charge in [0.1, 0.15) is 6.04 Å². The minimum Gasteiger partial charge on any atom is -0.480 e. The molecule has 0 aliphatic carbocycles. The van der Waals surface area contributed by atoms with Crippen LogP contribution in [0, 0.1) is 0 Å². The summed E-state index contributed by atoms with van der Waals surface area (Å²) in [6, 6.07) is -0.979. The Morgan fingerprint density at radius 1 is 1.58 bits per heavy atom. The normalized spacial score (nSPS) is 18.6. The number of carboxylic acid groups (broad SMARTS) is 1. The van der Waals surface area contributed by atoms with Crippen molar-refractivity contribution < 1.29 is 14.7 Å². The number of carboxylic acids is 1. The molecule has 1 aliphatic rings. The van der Waals surface area contributed by atoms with E-state index >= 15 is 0 Å². The smallest absolute Gasteiger partial charge is 0.326 e. The number of hydrogen-bond donors (Lipinski definition) is 2. The molecule has 1 fully saturated rings. The second kappa shape index (κ2) is 5.73. The number of carbonyl (C=O) groups is 2. The molecule has 7 heteroatoms. The van der Waals surface area contributed by atoms with Crippen molar-refractivity contribution >= 4 is 12.0 Å². The zero-order chi connectivity index (χ0) is 13.8. The van der Waals surface area contributed by atoms with Crippen LogP contribution in [0.1, 0.15) is 18.4 Å². The van der Waals surface area contributed by atoms with Gasteiger partial charge in [0.05, 0.1) is 6.20 Å². The van der Waals surface area contributed by atoms with Gasteiger partial charge in [0.25, 0.3) is 0 Å². The van der Waals surface area contributed by atoms with Crippen LogP contribution in [0.15, 0.2) is 12.4 Å². The first-order valence-electron chi connectivity index (χ1n) is 6.32. The third kappa shape index (κ3) is 3.24. The van der Waals surface area contributed by atoms with E-state index < -0.39 is 12.0 Å². The van der Waals surface area contributed by atoms with Gasteiger partial charge in [0.15, 0.2) is 0 Å². The van der Waals surface area contributed by atoms with Gasteiger partial charge in [0.2, 0.25) is 0 Å². The van der Waals surface area contributed by atoms with E-state index in [1.165, 1.54) is 4.90 Å². The van der Waals surface area contributed by atoms with Crippen LogP contribution in [0.5, 0.6) is 0 Å². The fourth-order valence-electron chi connectivity index (χ4n) is 2.28. The Kier molecular flexibility index (Phi) is 4.03. The second-order valence-corrected chi connectivity index (χ2v) is 4.69. The van der Waals surface area contributed by atoms with E-state index in [9.17, 15) is 9.59 Å². The SMILES string of the molecule is Cn1cc(CCNC(=O)N2CCC[C@@H]2C(=O)O)cn1. The highest BCUT2D eigenvalue weighted by atomic mass is 16.4. The Morgan fingerprint density at radius 3 is 3.00 bits per heavy atom. The number of nitrogens with zero attached hydrogens (tertiary/aromatic N) is 3. The minimum absolute atomic E-state index is 0.297. The fraction of sp³-hybridized carbons (Fsp3) is 0.583. The van der Waals surface area contributed by atoms with Crippen molar-refractivity contribution in [1.82, 2.24) is 20.0 Å². The van der Waals surface area contributed by atoms with Crippen molar-refractivity contribution in [3.63, 3.8) is 0 Å². The van der Waals surface area contributed by atoms with E-state index in [2.05, 4.69) is 10.4 Å². The largest absolute Gasteiger partial charge is 0.480 e. The van der Waals surface area contributed by atoms with Gasteiger partial charge in [-0.2, -0.15) is 5.10 Å². The summed E-state index contributed by atoms with van der Waals surface area (Å²) in [5.41, 5.74) is 1.04. The molecule has 2 heterocycles. The van der Waals surface area contributed by atoms with Crippen LogP contribution in [0.3, 0.4) is 0 Å². The Hall–Kier alpha value is -2.05. The Bertz CT molecular complexity index is 471. The quantitative estimate of drug-likeness (QED) is 0.816. The summed E-state index contributed by atoms with van der Waals surface area (Å²) in [7, 11) is 1.84. The van der Waals surface area contributed by atoms with Gasteiger partial charge in [-0.3, -0.25) is 4.68 Å². The molecule has 7 nitrogen and oxygen atoms in total. The molecule has 2 amide bonds. The molecule has 2 rings (SSSR count). The number of aryl methyl sites for hydroxylation is 1. The first-order chi connectivity index (χ1) is 9.08. The molecule has 1 aromatic heterocycles. The Morgan fingerprint density at radius 2 is 2.37 bits per heavy atom. The van der Waals surface area contributed by atoms with E-state index in [0.717, 1.165) is 12.0 Å². The van der Waals surface area contributed by atoms with E-state index in [-0.39, 0.29) is 6.03 Å². The van der Waals surface area contributed by atoms with Crippen molar-refractivity contribution in [3.8, 4) is 0 Å². The topological polar surface area (TPSA) is 87.5 Å². The second-order valence-electron chi connectivity index (χ2n) is 4.69. The lowest BCUT2D eigenvalue weighted by Gasteiger charge is -2.21.